The fourth-order valence-corrected chi connectivity index (χ4v) is 3.99. The van der Waals surface area contributed by atoms with E-state index in [1.165, 1.54) is 12.1 Å². The maximum atomic E-state index is 13.1. The Morgan fingerprint density at radius 1 is 0.973 bits per heavy atom. The summed E-state index contributed by atoms with van der Waals surface area (Å²) in [6.07, 6.45) is 3.36. The van der Waals surface area contributed by atoms with Gasteiger partial charge in [-0.2, -0.15) is 0 Å². The number of benzene rings is 2. The maximum Gasteiger partial charge on any atom is 0.243 e. The number of aromatic nitrogens is 1. The van der Waals surface area contributed by atoms with Crippen molar-refractivity contribution in [2.24, 2.45) is 22.2 Å². The highest BCUT2D eigenvalue weighted by molar-refractivity contribution is 5.92. The fourth-order valence-electron chi connectivity index (χ4n) is 3.99. The van der Waals surface area contributed by atoms with Crippen LogP contribution in [0, 0.1) is 0 Å². The lowest BCUT2D eigenvalue weighted by atomic mass is 10.0. The monoisotopic (exact) mass is 507 g/mol. The van der Waals surface area contributed by atoms with Crippen molar-refractivity contribution in [3.63, 3.8) is 0 Å². The summed E-state index contributed by atoms with van der Waals surface area (Å²) in [5.41, 5.74) is 19.0. The number of phenols is 1. The van der Waals surface area contributed by atoms with E-state index in [-0.39, 0.29) is 43.4 Å². The molecule has 1 heterocycles. The highest BCUT2D eigenvalue weighted by atomic mass is 16.3. The fraction of sp³-hybridized carbons (Fsp3) is 0.308. The zero-order valence-corrected chi connectivity index (χ0v) is 20.4. The summed E-state index contributed by atoms with van der Waals surface area (Å²) in [6.45, 7) is 0.282. The normalized spacial score (nSPS) is 12.4. The molecule has 10 N–H and O–H groups in total. The van der Waals surface area contributed by atoms with Crippen LogP contribution in [0.1, 0.15) is 30.4 Å². The summed E-state index contributed by atoms with van der Waals surface area (Å²) >= 11 is 0. The minimum atomic E-state index is -1.000. The van der Waals surface area contributed by atoms with Crippen molar-refractivity contribution in [2.45, 2.75) is 44.2 Å². The molecule has 0 unspecified atom stereocenters. The Labute approximate surface area is 214 Å². The number of hydrogen-bond acceptors (Lipinski definition) is 5. The summed E-state index contributed by atoms with van der Waals surface area (Å²) in [6, 6.07) is 12.1. The van der Waals surface area contributed by atoms with Crippen molar-refractivity contribution in [1.82, 2.24) is 15.6 Å². The molecule has 37 heavy (non-hydrogen) atoms. The van der Waals surface area contributed by atoms with Crippen LogP contribution in [0.25, 0.3) is 10.9 Å². The number of carbonyl (C=O) groups excluding carboxylic acids is 3. The van der Waals surface area contributed by atoms with Crippen LogP contribution in [0.2, 0.25) is 0 Å². The standard InChI is InChI=1S/C26H33N7O4/c27-24(36)22(14-16-7-10-18(34)11-8-16)33-25(37)21(6-3-13-30-26(28)29)32-23(35)12-9-17-15-31-20-5-2-1-4-19(17)20/h1-2,4-5,7-8,10-11,15,21-22,31,34H,3,6,9,12-14H2,(H2,27,36)(H,32,35)(H,33,37)(H4,28,29,30)/t21-,22-/m0/s1. The van der Waals surface area contributed by atoms with Crippen molar-refractivity contribution < 1.29 is 19.5 Å². The number of guanidine groups is 1. The molecule has 2 atom stereocenters. The number of primary amides is 1. The van der Waals surface area contributed by atoms with E-state index in [4.69, 9.17) is 17.2 Å². The predicted molar refractivity (Wildman–Crippen MR) is 141 cm³/mol. The number of H-pyrrole nitrogens is 1. The first kappa shape index (κ1) is 27.1. The van der Waals surface area contributed by atoms with Crippen molar-refractivity contribution >= 4 is 34.6 Å². The van der Waals surface area contributed by atoms with Crippen molar-refractivity contribution in [2.75, 3.05) is 6.54 Å². The highest BCUT2D eigenvalue weighted by Crippen LogP contribution is 2.19. The Bertz CT molecular complexity index is 1250. The van der Waals surface area contributed by atoms with Crippen LogP contribution in [0.4, 0.5) is 0 Å². The van der Waals surface area contributed by atoms with Gasteiger partial charge in [0.1, 0.15) is 17.8 Å². The zero-order chi connectivity index (χ0) is 26.8. The van der Waals surface area contributed by atoms with Gasteiger partial charge in [-0.05, 0) is 48.6 Å². The van der Waals surface area contributed by atoms with E-state index in [2.05, 4.69) is 20.6 Å². The smallest absolute Gasteiger partial charge is 0.243 e. The number of nitrogens with zero attached hydrogens (tertiary/aromatic N) is 1. The number of aromatic amines is 1. The average molecular weight is 508 g/mol. The molecule has 0 saturated heterocycles. The molecular formula is C26H33N7O4. The maximum absolute atomic E-state index is 13.1. The lowest BCUT2D eigenvalue weighted by molar-refractivity contribution is -0.131. The molecule has 0 radical (unpaired) electrons. The minimum absolute atomic E-state index is 0.0635. The van der Waals surface area contributed by atoms with Crippen LogP contribution in [0.5, 0.6) is 5.75 Å². The number of rotatable bonds is 13. The third-order valence-electron chi connectivity index (χ3n) is 5.93. The average Bonchev–Trinajstić information content (AvgIpc) is 3.28. The van der Waals surface area contributed by atoms with E-state index < -0.39 is 23.9 Å². The second-order valence-electron chi connectivity index (χ2n) is 8.76. The summed E-state index contributed by atoms with van der Waals surface area (Å²) in [5.74, 6) is -1.54. The number of nitrogens with two attached hydrogens (primary N) is 3. The second-order valence-corrected chi connectivity index (χ2v) is 8.76. The van der Waals surface area contributed by atoms with Gasteiger partial charge in [0.2, 0.25) is 17.7 Å². The highest BCUT2D eigenvalue weighted by Gasteiger charge is 2.25. The van der Waals surface area contributed by atoms with Gasteiger partial charge >= 0.3 is 0 Å². The molecule has 0 bridgehead atoms. The Kier molecular flexibility index (Phi) is 9.48. The number of fused-ring (bicyclic) bond motifs is 1. The lowest BCUT2D eigenvalue weighted by Crippen LogP contribution is -2.53. The molecule has 1 aromatic heterocycles. The molecule has 3 rings (SSSR count). The molecule has 11 nitrogen and oxygen atoms in total. The van der Waals surface area contributed by atoms with Crippen molar-refractivity contribution in [1.29, 1.82) is 0 Å². The molecule has 0 saturated carbocycles. The molecule has 0 fully saturated rings. The van der Waals surface area contributed by atoms with Gasteiger partial charge in [0.15, 0.2) is 5.96 Å². The minimum Gasteiger partial charge on any atom is -0.508 e. The quantitative estimate of drug-likeness (QED) is 0.1000. The van der Waals surface area contributed by atoms with Gasteiger partial charge in [-0.25, -0.2) is 0 Å². The molecule has 2 aromatic carbocycles. The first-order chi connectivity index (χ1) is 17.7. The first-order valence-electron chi connectivity index (χ1n) is 12.0. The van der Waals surface area contributed by atoms with Crippen LogP contribution in [-0.2, 0) is 27.2 Å². The number of nitrogens with one attached hydrogen (secondary N) is 3. The topological polar surface area (TPSA) is 202 Å². The number of aliphatic imine (C=N–C) groups is 1. The summed E-state index contributed by atoms with van der Waals surface area (Å²) < 4.78 is 0. The van der Waals surface area contributed by atoms with Crippen LogP contribution in [0.15, 0.2) is 59.7 Å². The summed E-state index contributed by atoms with van der Waals surface area (Å²) in [5, 5.41) is 15.9. The predicted octanol–water partition coefficient (Wildman–Crippen LogP) is 0.557. The Morgan fingerprint density at radius 3 is 2.41 bits per heavy atom. The zero-order valence-electron chi connectivity index (χ0n) is 20.4. The molecule has 0 spiro atoms. The van der Waals surface area contributed by atoms with Crippen LogP contribution in [-0.4, -0.2) is 52.4 Å². The van der Waals surface area contributed by atoms with Crippen LogP contribution >= 0.6 is 0 Å². The number of aryl methyl sites for hydroxylation is 1. The van der Waals surface area contributed by atoms with Gasteiger partial charge < -0.3 is 37.9 Å². The first-order valence-corrected chi connectivity index (χ1v) is 12.0. The van der Waals surface area contributed by atoms with Gasteiger partial charge in [0.25, 0.3) is 0 Å². The third kappa shape index (κ3) is 8.27. The number of phenolic OH excluding ortho intramolecular Hbond substituents is 1. The van der Waals surface area contributed by atoms with Crippen LogP contribution in [0.3, 0.4) is 0 Å². The van der Waals surface area contributed by atoms with Gasteiger partial charge in [-0.1, -0.05) is 30.3 Å². The lowest BCUT2D eigenvalue weighted by Gasteiger charge is -2.22. The number of carbonyl (C=O) groups is 3. The van der Waals surface area contributed by atoms with Gasteiger partial charge in [-0.3, -0.25) is 19.4 Å². The largest absolute Gasteiger partial charge is 0.508 e. The Balaban J connectivity index is 1.64. The van der Waals surface area contributed by atoms with E-state index in [1.807, 2.05) is 30.5 Å². The summed E-state index contributed by atoms with van der Waals surface area (Å²) in [4.78, 5) is 45.0. The van der Waals surface area contributed by atoms with E-state index in [9.17, 15) is 19.5 Å². The van der Waals surface area contributed by atoms with E-state index in [0.29, 0.717) is 18.4 Å². The molecular weight excluding hydrogens is 474 g/mol. The molecule has 0 aliphatic rings. The van der Waals surface area contributed by atoms with Crippen molar-refractivity contribution in [3.05, 3.63) is 65.9 Å². The van der Waals surface area contributed by atoms with E-state index in [0.717, 1.165) is 16.5 Å². The van der Waals surface area contributed by atoms with Crippen LogP contribution < -0.4 is 27.8 Å². The van der Waals surface area contributed by atoms with Crippen molar-refractivity contribution in [3.8, 4) is 5.75 Å². The SMILES string of the molecule is NC(=O)[C@H](Cc1ccc(O)cc1)NC(=O)[C@H](CCCN=C(N)N)NC(=O)CCc1c[nH]c2ccccc12. The van der Waals surface area contributed by atoms with Gasteiger partial charge in [0, 0.05) is 36.5 Å². The number of para-hydroxylation sites is 1. The molecule has 11 heteroatoms. The van der Waals surface area contributed by atoms with Gasteiger partial charge in [0.05, 0.1) is 0 Å². The summed E-state index contributed by atoms with van der Waals surface area (Å²) in [7, 11) is 0. The molecule has 3 amide bonds. The third-order valence-corrected chi connectivity index (χ3v) is 5.93. The van der Waals surface area contributed by atoms with E-state index in [1.54, 1.807) is 12.1 Å². The van der Waals surface area contributed by atoms with E-state index >= 15 is 0 Å². The Hall–Kier alpha value is -4.54. The Morgan fingerprint density at radius 2 is 1.70 bits per heavy atom. The second kappa shape index (κ2) is 13.0. The number of amides is 3. The van der Waals surface area contributed by atoms with Gasteiger partial charge in [-0.15, -0.1) is 0 Å². The molecule has 196 valence electrons. The number of aromatic hydroxyl groups is 1. The molecule has 0 aliphatic carbocycles. The molecule has 3 aromatic rings. The molecule has 0 aliphatic heterocycles. The number of hydrogen-bond donors (Lipinski definition) is 7.